The number of aromatic amines is 1. The smallest absolute Gasteiger partial charge is 0.327 e. The van der Waals surface area contributed by atoms with Gasteiger partial charge in [-0.15, -0.1) is 0 Å². The van der Waals surface area contributed by atoms with E-state index in [1.165, 1.54) is 6.20 Å². The Morgan fingerprint density at radius 2 is 2.21 bits per heavy atom. The summed E-state index contributed by atoms with van der Waals surface area (Å²) in [5.74, 6) is -1.46. The molecular formula is C8H10F3N3. The van der Waals surface area contributed by atoms with Gasteiger partial charge in [-0.1, -0.05) is 0 Å². The van der Waals surface area contributed by atoms with Crippen LogP contribution in [0, 0.1) is 0 Å². The third-order valence-electron chi connectivity index (χ3n) is 2.53. The summed E-state index contributed by atoms with van der Waals surface area (Å²) >= 11 is 0. The summed E-state index contributed by atoms with van der Waals surface area (Å²) in [4.78, 5) is 0. The number of halogens is 3. The van der Waals surface area contributed by atoms with Crippen LogP contribution in [0.2, 0.25) is 0 Å². The van der Waals surface area contributed by atoms with Crippen LogP contribution in [0.5, 0.6) is 0 Å². The van der Waals surface area contributed by atoms with E-state index in [2.05, 4.69) is 10.2 Å². The van der Waals surface area contributed by atoms with Crippen molar-refractivity contribution in [2.45, 2.75) is 31.0 Å². The number of nitrogens with two attached hydrogens (primary N) is 1. The minimum atomic E-state index is -4.23. The average molecular weight is 205 g/mol. The molecule has 3 N–H and O–H groups in total. The molecule has 78 valence electrons. The third kappa shape index (κ3) is 1.50. The van der Waals surface area contributed by atoms with Crippen molar-refractivity contribution in [3.8, 4) is 0 Å². The molecule has 1 aliphatic carbocycles. The molecule has 0 radical (unpaired) electrons. The predicted molar refractivity (Wildman–Crippen MR) is 43.7 cm³/mol. The molecule has 0 saturated carbocycles. The average Bonchev–Trinajstić information content (AvgIpc) is 2.47. The van der Waals surface area contributed by atoms with Crippen molar-refractivity contribution in [2.75, 3.05) is 0 Å². The lowest BCUT2D eigenvalue weighted by atomic mass is 9.84. The molecule has 0 saturated heterocycles. The number of alkyl halides is 3. The molecule has 0 spiro atoms. The summed E-state index contributed by atoms with van der Waals surface area (Å²) in [5, 5.41) is 6.18. The van der Waals surface area contributed by atoms with Crippen LogP contribution < -0.4 is 5.73 Å². The number of nitrogens with zero attached hydrogens (tertiary/aromatic N) is 1. The van der Waals surface area contributed by atoms with Gasteiger partial charge in [0.15, 0.2) is 0 Å². The Balaban J connectivity index is 2.37. The zero-order chi connectivity index (χ0) is 10.3. The van der Waals surface area contributed by atoms with E-state index in [0.29, 0.717) is 12.1 Å². The fourth-order valence-electron chi connectivity index (χ4n) is 1.87. The second kappa shape index (κ2) is 2.98. The molecule has 1 heterocycles. The van der Waals surface area contributed by atoms with Crippen LogP contribution in [-0.2, 0) is 6.42 Å². The quantitative estimate of drug-likeness (QED) is 0.671. The maximum Gasteiger partial charge on any atom is 0.395 e. The van der Waals surface area contributed by atoms with Crippen LogP contribution in [0.4, 0.5) is 13.2 Å². The van der Waals surface area contributed by atoms with E-state index in [-0.39, 0.29) is 12.0 Å². The van der Waals surface area contributed by atoms with E-state index < -0.39 is 18.1 Å². The molecule has 2 rings (SSSR count). The molecule has 0 aliphatic heterocycles. The zero-order valence-corrected chi connectivity index (χ0v) is 7.30. The Bertz CT molecular complexity index is 331. The number of rotatable bonds is 0. The second-order valence-corrected chi connectivity index (χ2v) is 3.60. The number of H-pyrrole nitrogens is 1. The number of hydrogen-bond acceptors (Lipinski definition) is 2. The number of aromatic nitrogens is 2. The van der Waals surface area contributed by atoms with Crippen molar-refractivity contribution in [2.24, 2.45) is 5.73 Å². The highest BCUT2D eigenvalue weighted by Gasteiger charge is 2.45. The van der Waals surface area contributed by atoms with Crippen LogP contribution in [0.15, 0.2) is 6.20 Å². The monoisotopic (exact) mass is 205 g/mol. The molecule has 6 heteroatoms. The summed E-state index contributed by atoms with van der Waals surface area (Å²) in [6, 6.07) is -0.436. The van der Waals surface area contributed by atoms with Gasteiger partial charge in [-0.2, -0.15) is 18.3 Å². The first kappa shape index (κ1) is 9.51. The minimum Gasteiger partial charge on any atom is -0.327 e. The molecule has 3 nitrogen and oxygen atoms in total. The normalized spacial score (nSPS) is 27.4. The fourth-order valence-corrected chi connectivity index (χ4v) is 1.87. The van der Waals surface area contributed by atoms with Gasteiger partial charge in [0.1, 0.15) is 0 Å². The molecule has 1 aliphatic rings. The number of hydrogen-bond donors (Lipinski definition) is 2. The standard InChI is InChI=1S/C8H10F3N3/c9-8(10,11)6-1-4(12)2-7-5(6)3-13-14-7/h3-4,6H,1-2,12H2,(H,13,14). The zero-order valence-electron chi connectivity index (χ0n) is 7.30. The summed E-state index contributed by atoms with van der Waals surface area (Å²) in [5.41, 5.74) is 6.32. The molecule has 1 aromatic rings. The maximum absolute atomic E-state index is 12.6. The van der Waals surface area contributed by atoms with E-state index in [1.54, 1.807) is 0 Å². The van der Waals surface area contributed by atoms with E-state index >= 15 is 0 Å². The lowest BCUT2D eigenvalue weighted by Gasteiger charge is -2.28. The third-order valence-corrected chi connectivity index (χ3v) is 2.53. The van der Waals surface area contributed by atoms with Gasteiger partial charge in [0.05, 0.1) is 12.1 Å². The minimum absolute atomic E-state index is 0.0456. The van der Waals surface area contributed by atoms with Crippen LogP contribution in [0.25, 0.3) is 0 Å². The van der Waals surface area contributed by atoms with Gasteiger partial charge < -0.3 is 5.73 Å². The summed E-state index contributed by atoms with van der Waals surface area (Å²) in [6.07, 6.45) is -2.58. The van der Waals surface area contributed by atoms with E-state index in [0.717, 1.165) is 0 Å². The summed E-state index contributed by atoms with van der Waals surface area (Å²) in [7, 11) is 0. The van der Waals surface area contributed by atoms with Gasteiger partial charge in [-0.25, -0.2) is 0 Å². The molecule has 1 aromatic heterocycles. The van der Waals surface area contributed by atoms with Gasteiger partial charge in [0.2, 0.25) is 0 Å². The first-order valence-electron chi connectivity index (χ1n) is 4.33. The molecule has 0 aromatic carbocycles. The molecule has 2 atom stereocenters. The lowest BCUT2D eigenvalue weighted by Crippen LogP contribution is -2.35. The van der Waals surface area contributed by atoms with E-state index in [1.807, 2.05) is 0 Å². The Labute approximate surface area is 78.5 Å². The number of nitrogens with one attached hydrogen (secondary N) is 1. The second-order valence-electron chi connectivity index (χ2n) is 3.60. The summed E-state index contributed by atoms with van der Waals surface area (Å²) in [6.45, 7) is 0. The van der Waals surface area contributed by atoms with E-state index in [9.17, 15) is 13.2 Å². The predicted octanol–water partition coefficient (Wildman–Crippen LogP) is 1.33. The Hall–Kier alpha value is -1.04. The fraction of sp³-hybridized carbons (Fsp3) is 0.625. The van der Waals surface area contributed by atoms with Gasteiger partial charge >= 0.3 is 6.18 Å². The number of fused-ring (bicyclic) bond motifs is 1. The summed E-state index contributed by atoms with van der Waals surface area (Å²) < 4.78 is 37.7. The van der Waals surface area contributed by atoms with Crippen molar-refractivity contribution in [1.29, 1.82) is 0 Å². The molecule has 2 unspecified atom stereocenters. The topological polar surface area (TPSA) is 54.7 Å². The molecule has 0 fully saturated rings. The molecule has 0 bridgehead atoms. The molecule has 0 amide bonds. The van der Waals surface area contributed by atoms with Gasteiger partial charge in [0.25, 0.3) is 0 Å². The van der Waals surface area contributed by atoms with Crippen molar-refractivity contribution in [3.05, 3.63) is 17.5 Å². The molecular weight excluding hydrogens is 195 g/mol. The van der Waals surface area contributed by atoms with Crippen LogP contribution in [0.1, 0.15) is 23.6 Å². The first-order valence-corrected chi connectivity index (χ1v) is 4.33. The van der Waals surface area contributed by atoms with Gasteiger partial charge in [0, 0.05) is 23.7 Å². The van der Waals surface area contributed by atoms with E-state index in [4.69, 9.17) is 5.73 Å². The van der Waals surface area contributed by atoms with Crippen molar-refractivity contribution in [3.63, 3.8) is 0 Å². The van der Waals surface area contributed by atoms with Gasteiger partial charge in [-0.3, -0.25) is 5.10 Å². The SMILES string of the molecule is NC1Cc2[nH]ncc2C(C(F)(F)F)C1. The first-order chi connectivity index (χ1) is 6.48. The van der Waals surface area contributed by atoms with Crippen LogP contribution in [-0.4, -0.2) is 22.4 Å². The van der Waals surface area contributed by atoms with Crippen molar-refractivity contribution in [1.82, 2.24) is 10.2 Å². The maximum atomic E-state index is 12.6. The van der Waals surface area contributed by atoms with Crippen molar-refractivity contribution >= 4 is 0 Å². The Kier molecular flexibility index (Phi) is 2.02. The van der Waals surface area contributed by atoms with Crippen LogP contribution >= 0.6 is 0 Å². The Morgan fingerprint density at radius 1 is 1.50 bits per heavy atom. The largest absolute Gasteiger partial charge is 0.395 e. The molecule has 14 heavy (non-hydrogen) atoms. The lowest BCUT2D eigenvalue weighted by molar-refractivity contribution is -0.154. The highest BCUT2D eigenvalue weighted by Crippen LogP contribution is 2.41. The van der Waals surface area contributed by atoms with Crippen molar-refractivity contribution < 1.29 is 13.2 Å². The van der Waals surface area contributed by atoms with Crippen LogP contribution in [0.3, 0.4) is 0 Å². The Morgan fingerprint density at radius 3 is 2.86 bits per heavy atom. The highest BCUT2D eigenvalue weighted by molar-refractivity contribution is 5.27. The highest BCUT2D eigenvalue weighted by atomic mass is 19.4. The van der Waals surface area contributed by atoms with Gasteiger partial charge in [-0.05, 0) is 6.42 Å².